The Morgan fingerprint density at radius 3 is 2.53 bits per heavy atom. The molecule has 6 rings (SSSR count). The molecule has 3 aromatic carbocycles. The lowest BCUT2D eigenvalue weighted by Crippen LogP contribution is -2.29. The number of carbonyl (C=O) groups is 1. The number of anilines is 1. The molecule has 224 valence electrons. The Bertz CT molecular complexity index is 1840. The molecule has 8 nitrogen and oxygen atoms in total. The Morgan fingerprint density at radius 1 is 1.16 bits per heavy atom. The van der Waals surface area contributed by atoms with Crippen LogP contribution in [-0.2, 0) is 16.6 Å². The van der Waals surface area contributed by atoms with Crippen LogP contribution < -0.4 is 10.2 Å². The molecule has 1 saturated heterocycles. The van der Waals surface area contributed by atoms with Gasteiger partial charge in [-0.05, 0) is 88.7 Å². The third kappa shape index (κ3) is 5.62. The lowest BCUT2D eigenvalue weighted by molar-refractivity contribution is -0.160. The summed E-state index contributed by atoms with van der Waals surface area (Å²) in [5, 5.41) is 21.2. The highest BCUT2D eigenvalue weighted by atomic mass is 35.5. The lowest BCUT2D eigenvalue weighted by Gasteiger charge is -2.28. The van der Waals surface area contributed by atoms with Crippen LogP contribution in [0.3, 0.4) is 0 Å². The topological polar surface area (TPSA) is 92.5 Å². The normalized spacial score (nSPS) is 16.4. The minimum absolute atomic E-state index is 0.449. The van der Waals surface area contributed by atoms with E-state index >= 15 is 0 Å². The van der Waals surface area contributed by atoms with Gasteiger partial charge in [-0.3, -0.25) is 4.68 Å². The first kappa shape index (κ1) is 29.6. The average Bonchev–Trinajstić information content (AvgIpc) is 3.68. The number of benzene rings is 3. The number of halogens is 1. The van der Waals surface area contributed by atoms with E-state index in [4.69, 9.17) is 26.4 Å². The Morgan fingerprint density at radius 2 is 1.88 bits per heavy atom. The van der Waals surface area contributed by atoms with Crippen molar-refractivity contribution in [2.24, 2.45) is 7.05 Å². The van der Waals surface area contributed by atoms with Crippen molar-refractivity contribution in [3.05, 3.63) is 64.7 Å². The van der Waals surface area contributed by atoms with Gasteiger partial charge in [0.25, 0.3) is 0 Å². The summed E-state index contributed by atoms with van der Waals surface area (Å²) in [6.45, 7) is 9.41. The second-order valence-electron chi connectivity index (χ2n) is 12.2. The van der Waals surface area contributed by atoms with Gasteiger partial charge in [0.2, 0.25) is 0 Å². The van der Waals surface area contributed by atoms with Crippen LogP contribution in [-0.4, -0.2) is 57.6 Å². The number of rotatable bonds is 7. The van der Waals surface area contributed by atoms with Crippen molar-refractivity contribution in [3.8, 4) is 21.7 Å². The van der Waals surface area contributed by atoms with Gasteiger partial charge >= 0.3 is 5.97 Å². The summed E-state index contributed by atoms with van der Waals surface area (Å²) in [5.41, 5.74) is 5.32. The molecule has 0 saturated carbocycles. The fourth-order valence-corrected chi connectivity index (χ4v) is 7.21. The molecule has 2 atom stereocenters. The number of ether oxygens (including phenoxy) is 1. The highest BCUT2D eigenvalue weighted by Crippen LogP contribution is 2.45. The van der Waals surface area contributed by atoms with Gasteiger partial charge in [-0.1, -0.05) is 23.7 Å². The maximum absolute atomic E-state index is 12.7. The van der Waals surface area contributed by atoms with Crippen LogP contribution in [0.4, 0.5) is 5.82 Å². The minimum Gasteiger partial charge on any atom is -0.479 e. The zero-order chi connectivity index (χ0) is 30.6. The predicted octanol–water partition coefficient (Wildman–Crippen LogP) is 7.22. The Labute approximate surface area is 260 Å². The molecule has 0 amide bonds. The number of aryl methyl sites for hydroxylation is 2. The summed E-state index contributed by atoms with van der Waals surface area (Å²) in [7, 11) is 3.99. The molecule has 0 spiro atoms. The monoisotopic (exact) mass is 617 g/mol. The quantitative estimate of drug-likeness (QED) is 0.199. The lowest BCUT2D eigenvalue weighted by atomic mass is 9.91. The van der Waals surface area contributed by atoms with Crippen molar-refractivity contribution in [1.29, 1.82) is 0 Å². The van der Waals surface area contributed by atoms with Gasteiger partial charge in [-0.2, -0.15) is 5.10 Å². The minimum atomic E-state index is -1.16. The third-order valence-corrected chi connectivity index (χ3v) is 9.38. The van der Waals surface area contributed by atoms with Crippen molar-refractivity contribution in [2.75, 3.05) is 25.0 Å². The van der Waals surface area contributed by atoms with Crippen molar-refractivity contribution in [2.45, 2.75) is 51.9 Å². The number of nitrogens with zero attached hydrogens (tertiary/aromatic N) is 4. The van der Waals surface area contributed by atoms with Crippen molar-refractivity contribution < 1.29 is 14.6 Å². The number of likely N-dealkylation sites (N-methyl/N-ethyl adjacent to an activating group) is 1. The van der Waals surface area contributed by atoms with Crippen LogP contribution in [0.5, 0.6) is 0 Å². The van der Waals surface area contributed by atoms with Gasteiger partial charge in [-0.25, -0.2) is 9.78 Å². The fraction of sp³-hybridized carbons (Fsp3) is 0.364. The van der Waals surface area contributed by atoms with Gasteiger partial charge in [0, 0.05) is 53.3 Å². The first-order chi connectivity index (χ1) is 20.4. The molecular formula is C33H36ClN5O3S. The first-order valence-electron chi connectivity index (χ1n) is 14.4. The molecule has 0 radical (unpaired) electrons. The number of hydrogen-bond acceptors (Lipinski definition) is 7. The molecule has 1 fully saturated rings. The Balaban J connectivity index is 1.54. The van der Waals surface area contributed by atoms with E-state index in [1.54, 1.807) is 11.3 Å². The summed E-state index contributed by atoms with van der Waals surface area (Å²) in [6.07, 6.45) is -0.0748. The van der Waals surface area contributed by atoms with Crippen molar-refractivity contribution in [3.63, 3.8) is 0 Å². The number of aliphatic carboxylic acids is 1. The number of thiazole rings is 1. The van der Waals surface area contributed by atoms with Gasteiger partial charge in [0.1, 0.15) is 5.01 Å². The highest BCUT2D eigenvalue weighted by molar-refractivity contribution is 7.22. The summed E-state index contributed by atoms with van der Waals surface area (Å²) < 4.78 is 9.01. The summed E-state index contributed by atoms with van der Waals surface area (Å²) in [4.78, 5) is 20.1. The van der Waals surface area contributed by atoms with Gasteiger partial charge in [-0.15, -0.1) is 11.3 Å². The van der Waals surface area contributed by atoms with Gasteiger partial charge in [0.05, 0.1) is 21.3 Å². The zero-order valence-corrected chi connectivity index (χ0v) is 26.8. The van der Waals surface area contributed by atoms with E-state index in [1.165, 1.54) is 0 Å². The van der Waals surface area contributed by atoms with Crippen LogP contribution in [0.1, 0.15) is 44.4 Å². The first-order valence-corrected chi connectivity index (χ1v) is 15.6. The Hall–Kier alpha value is -3.50. The molecule has 1 aliphatic heterocycles. The molecule has 3 heterocycles. The van der Waals surface area contributed by atoms with Crippen molar-refractivity contribution >= 4 is 55.8 Å². The third-order valence-electron chi connectivity index (χ3n) is 7.99. The Kier molecular flexibility index (Phi) is 7.71. The number of hydrogen-bond donors (Lipinski definition) is 2. The van der Waals surface area contributed by atoms with E-state index in [-0.39, 0.29) is 0 Å². The smallest absolute Gasteiger partial charge is 0.337 e. The number of aromatic nitrogens is 3. The number of fused-ring (bicyclic) bond motifs is 2. The fourth-order valence-electron chi connectivity index (χ4n) is 5.96. The average molecular weight is 618 g/mol. The summed E-state index contributed by atoms with van der Waals surface area (Å²) in [5.74, 6) is -0.0452. The molecular weight excluding hydrogens is 582 g/mol. The van der Waals surface area contributed by atoms with Gasteiger partial charge in [0.15, 0.2) is 11.9 Å². The molecule has 0 bridgehead atoms. The molecule has 1 aliphatic rings. The van der Waals surface area contributed by atoms with Crippen LogP contribution in [0.25, 0.3) is 42.8 Å². The SMILES string of the molecule is CN[C@@H]1CCN(c2nn(C)c3ccc(-c4nc5cc(C)c([C@H](OC(C)(C)C)C(=O)O)c(-c6ccc(Cl)cc6)c5s4)cc23)C1. The highest BCUT2D eigenvalue weighted by Gasteiger charge is 2.32. The number of carboxylic acid groups (broad SMARTS) is 1. The molecule has 5 aromatic rings. The molecule has 2 aromatic heterocycles. The molecule has 0 unspecified atom stereocenters. The summed E-state index contributed by atoms with van der Waals surface area (Å²) >= 11 is 7.82. The van der Waals surface area contributed by atoms with Crippen molar-refractivity contribution in [1.82, 2.24) is 20.1 Å². The standard InChI is InChI=1S/C33H36ClN5O3S/c1-18-15-24-29(27(19-7-10-21(34)11-8-19)26(18)28(32(40)41)42-33(2,3)4)43-31(36-24)20-9-12-25-23(16-20)30(37-38(25)6)39-14-13-22(17-39)35-5/h7-12,15-16,22,28,35H,13-14,17H2,1-6H3,(H,40,41)/t22-,28+/m1/s1. The van der Waals surface area contributed by atoms with E-state index in [1.807, 2.05) is 76.8 Å². The van der Waals surface area contributed by atoms with E-state index in [0.29, 0.717) is 16.6 Å². The van der Waals surface area contributed by atoms with E-state index in [0.717, 1.165) is 73.7 Å². The largest absolute Gasteiger partial charge is 0.479 e. The zero-order valence-electron chi connectivity index (χ0n) is 25.2. The van der Waals surface area contributed by atoms with Crippen LogP contribution in [0.2, 0.25) is 5.02 Å². The molecule has 10 heteroatoms. The predicted molar refractivity (Wildman–Crippen MR) is 175 cm³/mol. The maximum atomic E-state index is 12.7. The second-order valence-corrected chi connectivity index (χ2v) is 13.6. The second kappa shape index (κ2) is 11.2. The molecule has 2 N–H and O–H groups in total. The molecule has 0 aliphatic carbocycles. The maximum Gasteiger partial charge on any atom is 0.337 e. The van der Waals surface area contributed by atoms with Crippen LogP contribution >= 0.6 is 22.9 Å². The van der Waals surface area contributed by atoms with E-state index < -0.39 is 17.7 Å². The van der Waals surface area contributed by atoms with E-state index in [2.05, 4.69) is 28.4 Å². The summed E-state index contributed by atoms with van der Waals surface area (Å²) in [6, 6.07) is 16.3. The molecule has 43 heavy (non-hydrogen) atoms. The van der Waals surface area contributed by atoms with Gasteiger partial charge < -0.3 is 20.1 Å². The number of carboxylic acids is 1. The number of nitrogens with one attached hydrogen (secondary N) is 1. The van der Waals surface area contributed by atoms with Crippen LogP contribution in [0.15, 0.2) is 48.5 Å². The van der Waals surface area contributed by atoms with Crippen LogP contribution in [0, 0.1) is 6.92 Å². The van der Waals surface area contributed by atoms with E-state index in [9.17, 15) is 9.90 Å².